The number of benzene rings is 1. The molecule has 1 heterocycles. The normalized spacial score (nSPS) is 25.3. The summed E-state index contributed by atoms with van der Waals surface area (Å²) < 4.78 is 1.15. The molecule has 0 bridgehead atoms. The first-order valence-electron chi connectivity index (χ1n) is 8.10. The van der Waals surface area contributed by atoms with E-state index < -0.39 is 0 Å². The van der Waals surface area contributed by atoms with Crippen molar-refractivity contribution in [3.05, 3.63) is 27.7 Å². The highest BCUT2D eigenvalue weighted by atomic mass is 79.9. The molecule has 1 aliphatic carbocycles. The van der Waals surface area contributed by atoms with Gasteiger partial charge in [-0.2, -0.15) is 0 Å². The van der Waals surface area contributed by atoms with Crippen LogP contribution in [0.2, 0.25) is 5.02 Å². The summed E-state index contributed by atoms with van der Waals surface area (Å²) in [5, 5.41) is 4.70. The van der Waals surface area contributed by atoms with Crippen LogP contribution in [0.25, 0.3) is 0 Å². The van der Waals surface area contributed by atoms with Gasteiger partial charge in [0.1, 0.15) is 0 Å². The summed E-state index contributed by atoms with van der Waals surface area (Å²) in [5.41, 5.74) is 1.56. The fourth-order valence-electron chi connectivity index (χ4n) is 3.87. The molecule has 1 aromatic carbocycles. The van der Waals surface area contributed by atoms with Crippen LogP contribution in [0.5, 0.6) is 0 Å². The van der Waals surface area contributed by atoms with Gasteiger partial charge in [0, 0.05) is 34.2 Å². The summed E-state index contributed by atoms with van der Waals surface area (Å²) >= 11 is 9.96. The van der Waals surface area contributed by atoms with E-state index >= 15 is 0 Å². The van der Waals surface area contributed by atoms with Crippen LogP contribution in [0.4, 0.5) is 5.69 Å². The lowest BCUT2D eigenvalue weighted by Gasteiger charge is -2.50. The smallest absolute Gasteiger partial charge is 0.0529 e. The van der Waals surface area contributed by atoms with Crippen LogP contribution in [-0.2, 0) is 0 Å². The highest BCUT2D eigenvalue weighted by Gasteiger charge is 2.39. The van der Waals surface area contributed by atoms with Crippen LogP contribution in [0, 0.1) is 0 Å². The highest BCUT2D eigenvalue weighted by molar-refractivity contribution is 9.10. The van der Waals surface area contributed by atoms with Gasteiger partial charge in [0.2, 0.25) is 0 Å². The Morgan fingerprint density at radius 2 is 2.10 bits per heavy atom. The average molecular weight is 372 g/mol. The average Bonchev–Trinajstić information content (AvgIpc) is 2.50. The molecule has 4 heteroatoms. The van der Waals surface area contributed by atoms with Gasteiger partial charge >= 0.3 is 0 Å². The maximum atomic E-state index is 6.24. The molecule has 0 amide bonds. The minimum Gasteiger partial charge on any atom is -0.364 e. The number of hydrogen-bond acceptors (Lipinski definition) is 2. The molecule has 116 valence electrons. The zero-order valence-corrected chi connectivity index (χ0v) is 15.0. The van der Waals surface area contributed by atoms with E-state index in [-0.39, 0.29) is 0 Å². The molecule has 1 unspecified atom stereocenters. The standard InChI is InChI=1S/C17H24BrClN2/c1-2-14-11-20-17(8-4-3-5-9-17)12-21(14)16-10-13(19)6-7-15(16)18/h6-7,10,14,20H,2-5,8-9,11-12H2,1H3. The molecule has 2 aliphatic rings. The molecule has 2 nitrogen and oxygen atoms in total. The summed E-state index contributed by atoms with van der Waals surface area (Å²) in [4.78, 5) is 2.58. The maximum Gasteiger partial charge on any atom is 0.0529 e. The third-order valence-electron chi connectivity index (χ3n) is 5.13. The maximum absolute atomic E-state index is 6.24. The van der Waals surface area contributed by atoms with Crippen molar-refractivity contribution in [3.8, 4) is 0 Å². The molecule has 21 heavy (non-hydrogen) atoms. The van der Waals surface area contributed by atoms with Gasteiger partial charge in [-0.25, -0.2) is 0 Å². The Morgan fingerprint density at radius 3 is 2.81 bits per heavy atom. The van der Waals surface area contributed by atoms with Gasteiger partial charge in [0.05, 0.1) is 5.69 Å². The Bertz CT molecular complexity index is 500. The number of halogens is 2. The fourth-order valence-corrected chi connectivity index (χ4v) is 4.51. The minimum absolute atomic E-state index is 0.311. The zero-order chi connectivity index (χ0) is 14.9. The second kappa shape index (κ2) is 6.47. The van der Waals surface area contributed by atoms with E-state index in [0.29, 0.717) is 11.6 Å². The third kappa shape index (κ3) is 3.25. The van der Waals surface area contributed by atoms with E-state index in [1.165, 1.54) is 37.8 Å². The number of anilines is 1. The van der Waals surface area contributed by atoms with E-state index in [1.54, 1.807) is 0 Å². The molecule has 1 aliphatic heterocycles. The van der Waals surface area contributed by atoms with Crippen molar-refractivity contribution in [1.82, 2.24) is 5.32 Å². The Labute approximate surface area is 141 Å². The molecular formula is C17H24BrClN2. The number of piperazine rings is 1. The lowest BCUT2D eigenvalue weighted by Crippen LogP contribution is -2.65. The van der Waals surface area contributed by atoms with Crippen LogP contribution in [-0.4, -0.2) is 24.7 Å². The monoisotopic (exact) mass is 370 g/mol. The Balaban J connectivity index is 1.90. The molecular weight excluding hydrogens is 348 g/mol. The van der Waals surface area contributed by atoms with Gasteiger partial charge in [0.25, 0.3) is 0 Å². The summed E-state index contributed by atoms with van der Waals surface area (Å²) in [5.74, 6) is 0. The van der Waals surface area contributed by atoms with E-state index in [2.05, 4.69) is 45.2 Å². The van der Waals surface area contributed by atoms with Gasteiger partial charge in [-0.1, -0.05) is 37.8 Å². The second-order valence-electron chi connectivity index (χ2n) is 6.51. The number of nitrogens with zero attached hydrogens (tertiary/aromatic N) is 1. The number of hydrogen-bond donors (Lipinski definition) is 1. The summed E-state index contributed by atoms with van der Waals surface area (Å²) in [7, 11) is 0. The van der Waals surface area contributed by atoms with Gasteiger partial charge in [0.15, 0.2) is 0 Å². The van der Waals surface area contributed by atoms with Crippen molar-refractivity contribution in [1.29, 1.82) is 0 Å². The predicted octanol–water partition coefficient (Wildman–Crippen LogP) is 4.99. The first-order valence-corrected chi connectivity index (χ1v) is 9.27. The summed E-state index contributed by atoms with van der Waals surface area (Å²) in [6.07, 6.45) is 7.86. The minimum atomic E-state index is 0.311. The predicted molar refractivity (Wildman–Crippen MR) is 94.4 cm³/mol. The van der Waals surface area contributed by atoms with E-state index in [9.17, 15) is 0 Å². The van der Waals surface area contributed by atoms with E-state index in [0.717, 1.165) is 29.0 Å². The Kier molecular flexibility index (Phi) is 4.82. The van der Waals surface area contributed by atoms with Crippen molar-refractivity contribution in [2.45, 2.75) is 57.0 Å². The van der Waals surface area contributed by atoms with Gasteiger partial charge in [-0.05, 0) is 53.4 Å². The van der Waals surface area contributed by atoms with Gasteiger partial charge in [-0.15, -0.1) is 0 Å². The molecule has 0 aromatic heterocycles. The van der Waals surface area contributed by atoms with Crippen LogP contribution in [0.1, 0.15) is 45.4 Å². The quantitative estimate of drug-likeness (QED) is 0.787. The zero-order valence-electron chi connectivity index (χ0n) is 12.7. The molecule has 1 spiro atoms. The molecule has 1 N–H and O–H groups in total. The first-order chi connectivity index (χ1) is 10.1. The van der Waals surface area contributed by atoms with Crippen molar-refractivity contribution < 1.29 is 0 Å². The molecule has 3 rings (SSSR count). The SMILES string of the molecule is CCC1CNC2(CCCCC2)CN1c1cc(Cl)ccc1Br. The van der Waals surface area contributed by atoms with Crippen molar-refractivity contribution in [3.63, 3.8) is 0 Å². The summed E-state index contributed by atoms with van der Waals surface area (Å²) in [6.45, 7) is 4.45. The third-order valence-corrected chi connectivity index (χ3v) is 6.03. The van der Waals surface area contributed by atoms with Gasteiger partial charge < -0.3 is 10.2 Å². The molecule has 1 atom stereocenters. The van der Waals surface area contributed by atoms with E-state index in [4.69, 9.17) is 11.6 Å². The van der Waals surface area contributed by atoms with Crippen molar-refractivity contribution in [2.24, 2.45) is 0 Å². The Hall–Kier alpha value is -0.250. The lowest BCUT2D eigenvalue weighted by molar-refractivity contribution is 0.195. The number of nitrogens with one attached hydrogen (secondary N) is 1. The van der Waals surface area contributed by atoms with E-state index in [1.807, 2.05) is 6.07 Å². The van der Waals surface area contributed by atoms with Crippen LogP contribution in [0.15, 0.2) is 22.7 Å². The molecule has 2 fully saturated rings. The highest BCUT2D eigenvalue weighted by Crippen LogP contribution is 2.37. The first kappa shape index (κ1) is 15.6. The van der Waals surface area contributed by atoms with Gasteiger partial charge in [-0.3, -0.25) is 0 Å². The van der Waals surface area contributed by atoms with Crippen LogP contribution < -0.4 is 10.2 Å². The molecule has 1 saturated heterocycles. The van der Waals surface area contributed by atoms with Crippen LogP contribution >= 0.6 is 27.5 Å². The van der Waals surface area contributed by atoms with Crippen molar-refractivity contribution in [2.75, 3.05) is 18.0 Å². The Morgan fingerprint density at radius 1 is 1.33 bits per heavy atom. The molecule has 1 saturated carbocycles. The summed E-state index contributed by atoms with van der Waals surface area (Å²) in [6, 6.07) is 6.68. The lowest BCUT2D eigenvalue weighted by atomic mass is 9.79. The topological polar surface area (TPSA) is 15.3 Å². The largest absolute Gasteiger partial charge is 0.364 e. The van der Waals surface area contributed by atoms with Crippen LogP contribution in [0.3, 0.4) is 0 Å². The molecule has 1 aromatic rings. The van der Waals surface area contributed by atoms with Crippen molar-refractivity contribution >= 4 is 33.2 Å². The number of rotatable bonds is 2. The molecule has 0 radical (unpaired) electrons. The fraction of sp³-hybridized carbons (Fsp3) is 0.647. The second-order valence-corrected chi connectivity index (χ2v) is 7.80.